The smallest absolute Gasteiger partial charge is 0.221 e. The Kier molecular flexibility index (Phi) is 4.49. The van der Waals surface area contributed by atoms with E-state index in [9.17, 15) is 4.79 Å². The number of nitriles is 1. The summed E-state index contributed by atoms with van der Waals surface area (Å²) >= 11 is 0. The standard InChI is InChI=1S/C12H15N3O/c1-9(16)15-11-5-2-4-10(8-11)12(14)6-3-7-13/h2,4-5,8,12H,3,6,14H2,1H3,(H,15,16)/t12-/m0/s1. The van der Waals surface area contributed by atoms with Crippen LogP contribution in [0.3, 0.4) is 0 Å². The van der Waals surface area contributed by atoms with E-state index in [0.29, 0.717) is 12.8 Å². The van der Waals surface area contributed by atoms with Crippen molar-refractivity contribution in [1.29, 1.82) is 5.26 Å². The first kappa shape index (κ1) is 12.2. The second-order valence-corrected chi connectivity index (χ2v) is 3.61. The molecule has 0 aromatic heterocycles. The fraction of sp³-hybridized carbons (Fsp3) is 0.333. The van der Waals surface area contributed by atoms with E-state index in [-0.39, 0.29) is 11.9 Å². The van der Waals surface area contributed by atoms with Gasteiger partial charge in [-0.15, -0.1) is 0 Å². The minimum absolute atomic E-state index is 0.109. The van der Waals surface area contributed by atoms with Crippen molar-refractivity contribution < 1.29 is 4.79 Å². The van der Waals surface area contributed by atoms with Gasteiger partial charge in [-0.2, -0.15) is 5.26 Å². The first-order valence-electron chi connectivity index (χ1n) is 5.13. The highest BCUT2D eigenvalue weighted by molar-refractivity contribution is 5.88. The third-order valence-corrected chi connectivity index (χ3v) is 2.20. The molecule has 1 amide bonds. The molecule has 0 aliphatic heterocycles. The van der Waals surface area contributed by atoms with E-state index in [2.05, 4.69) is 11.4 Å². The lowest BCUT2D eigenvalue weighted by Gasteiger charge is -2.11. The van der Waals surface area contributed by atoms with Crippen molar-refractivity contribution in [3.05, 3.63) is 29.8 Å². The first-order chi connectivity index (χ1) is 7.63. The summed E-state index contributed by atoms with van der Waals surface area (Å²) in [5, 5.41) is 11.2. The molecule has 4 nitrogen and oxygen atoms in total. The van der Waals surface area contributed by atoms with Gasteiger partial charge in [-0.1, -0.05) is 12.1 Å². The van der Waals surface area contributed by atoms with Crippen LogP contribution in [0.4, 0.5) is 5.69 Å². The van der Waals surface area contributed by atoms with Gasteiger partial charge >= 0.3 is 0 Å². The minimum Gasteiger partial charge on any atom is -0.326 e. The zero-order valence-electron chi connectivity index (χ0n) is 9.23. The van der Waals surface area contributed by atoms with Crippen LogP contribution in [-0.2, 0) is 4.79 Å². The summed E-state index contributed by atoms with van der Waals surface area (Å²) in [4.78, 5) is 10.9. The fourth-order valence-corrected chi connectivity index (χ4v) is 1.44. The van der Waals surface area contributed by atoms with E-state index in [1.165, 1.54) is 6.92 Å². The van der Waals surface area contributed by atoms with Crippen LogP contribution >= 0.6 is 0 Å². The molecule has 1 aromatic carbocycles. The van der Waals surface area contributed by atoms with Crippen LogP contribution in [0.25, 0.3) is 0 Å². The lowest BCUT2D eigenvalue weighted by Crippen LogP contribution is -2.11. The molecule has 0 heterocycles. The molecule has 0 saturated heterocycles. The predicted octanol–water partition coefficient (Wildman–Crippen LogP) is 1.95. The van der Waals surface area contributed by atoms with Crippen molar-refractivity contribution in [2.75, 3.05) is 5.32 Å². The lowest BCUT2D eigenvalue weighted by molar-refractivity contribution is -0.114. The second kappa shape index (κ2) is 5.89. The molecule has 0 aliphatic rings. The van der Waals surface area contributed by atoms with Crippen LogP contribution in [0, 0.1) is 11.3 Å². The number of benzene rings is 1. The molecule has 0 saturated carbocycles. The Morgan fingerprint density at radius 2 is 2.38 bits per heavy atom. The molecule has 16 heavy (non-hydrogen) atoms. The highest BCUT2D eigenvalue weighted by Crippen LogP contribution is 2.19. The van der Waals surface area contributed by atoms with Crippen molar-refractivity contribution in [3.63, 3.8) is 0 Å². The molecular formula is C12H15N3O. The second-order valence-electron chi connectivity index (χ2n) is 3.61. The van der Waals surface area contributed by atoms with Gasteiger partial charge in [0.2, 0.25) is 5.91 Å². The number of nitrogens with two attached hydrogens (primary N) is 1. The number of nitrogens with zero attached hydrogens (tertiary/aromatic N) is 1. The molecule has 1 atom stereocenters. The van der Waals surface area contributed by atoms with Gasteiger partial charge in [-0.3, -0.25) is 4.79 Å². The van der Waals surface area contributed by atoms with Crippen molar-refractivity contribution in [1.82, 2.24) is 0 Å². The summed E-state index contributed by atoms with van der Waals surface area (Å²) in [6.07, 6.45) is 1.06. The Morgan fingerprint density at radius 3 is 3.00 bits per heavy atom. The number of amides is 1. The SMILES string of the molecule is CC(=O)Nc1cccc([C@@H](N)CCC#N)c1. The van der Waals surface area contributed by atoms with Gasteiger partial charge in [0, 0.05) is 25.1 Å². The Bertz CT molecular complexity index is 409. The topological polar surface area (TPSA) is 78.9 Å². The van der Waals surface area contributed by atoms with Crippen LogP contribution in [-0.4, -0.2) is 5.91 Å². The van der Waals surface area contributed by atoms with E-state index in [4.69, 9.17) is 11.0 Å². The van der Waals surface area contributed by atoms with Crippen molar-refractivity contribution in [2.45, 2.75) is 25.8 Å². The van der Waals surface area contributed by atoms with Gasteiger partial charge < -0.3 is 11.1 Å². The van der Waals surface area contributed by atoms with E-state index < -0.39 is 0 Å². The maximum Gasteiger partial charge on any atom is 0.221 e. The van der Waals surface area contributed by atoms with Crippen molar-refractivity contribution >= 4 is 11.6 Å². The average molecular weight is 217 g/mol. The zero-order valence-corrected chi connectivity index (χ0v) is 9.23. The monoisotopic (exact) mass is 217 g/mol. The quantitative estimate of drug-likeness (QED) is 0.809. The van der Waals surface area contributed by atoms with E-state index in [1.54, 1.807) is 0 Å². The number of nitrogens with one attached hydrogen (secondary N) is 1. The van der Waals surface area contributed by atoms with Crippen LogP contribution in [0.5, 0.6) is 0 Å². The molecule has 84 valence electrons. The van der Waals surface area contributed by atoms with Gasteiger partial charge in [-0.05, 0) is 24.1 Å². The predicted molar refractivity (Wildman–Crippen MR) is 62.5 cm³/mol. The summed E-state index contributed by atoms with van der Waals surface area (Å²) < 4.78 is 0. The first-order valence-corrected chi connectivity index (χ1v) is 5.13. The van der Waals surface area contributed by atoms with Crippen molar-refractivity contribution in [3.8, 4) is 6.07 Å². The van der Waals surface area contributed by atoms with Crippen LogP contribution in [0.2, 0.25) is 0 Å². The summed E-state index contributed by atoms with van der Waals surface area (Å²) in [5.41, 5.74) is 7.58. The summed E-state index contributed by atoms with van der Waals surface area (Å²) in [5.74, 6) is -0.109. The Morgan fingerprint density at radius 1 is 1.62 bits per heavy atom. The number of hydrogen-bond donors (Lipinski definition) is 2. The third kappa shape index (κ3) is 3.71. The Balaban J connectivity index is 2.73. The molecule has 0 fully saturated rings. The van der Waals surface area contributed by atoms with Crippen LogP contribution in [0.15, 0.2) is 24.3 Å². The fourth-order valence-electron chi connectivity index (χ4n) is 1.44. The van der Waals surface area contributed by atoms with Crippen LogP contribution < -0.4 is 11.1 Å². The normalized spacial score (nSPS) is 11.6. The molecule has 0 spiro atoms. The molecule has 1 rings (SSSR count). The summed E-state index contributed by atoms with van der Waals surface area (Å²) in [7, 11) is 0. The van der Waals surface area contributed by atoms with Gasteiger partial charge in [0.05, 0.1) is 6.07 Å². The summed E-state index contributed by atoms with van der Waals surface area (Å²) in [6.45, 7) is 1.46. The molecule has 0 radical (unpaired) electrons. The molecule has 3 N–H and O–H groups in total. The van der Waals surface area contributed by atoms with Crippen LogP contribution in [0.1, 0.15) is 31.4 Å². The average Bonchev–Trinajstić information content (AvgIpc) is 2.25. The maximum absolute atomic E-state index is 10.9. The van der Waals surface area contributed by atoms with Crippen molar-refractivity contribution in [2.24, 2.45) is 5.73 Å². The highest BCUT2D eigenvalue weighted by atomic mass is 16.1. The highest BCUT2D eigenvalue weighted by Gasteiger charge is 2.06. The molecular weight excluding hydrogens is 202 g/mol. The third-order valence-electron chi connectivity index (χ3n) is 2.20. The number of carbonyl (C=O) groups excluding carboxylic acids is 1. The van der Waals surface area contributed by atoms with Gasteiger partial charge in [0.15, 0.2) is 0 Å². The summed E-state index contributed by atoms with van der Waals surface area (Å²) in [6, 6.07) is 9.29. The number of carbonyl (C=O) groups is 1. The molecule has 0 unspecified atom stereocenters. The van der Waals surface area contributed by atoms with Gasteiger partial charge in [-0.25, -0.2) is 0 Å². The number of anilines is 1. The van der Waals surface area contributed by atoms with E-state index >= 15 is 0 Å². The molecule has 0 aliphatic carbocycles. The lowest BCUT2D eigenvalue weighted by atomic mass is 10.0. The van der Waals surface area contributed by atoms with Gasteiger partial charge in [0.25, 0.3) is 0 Å². The zero-order chi connectivity index (χ0) is 12.0. The Labute approximate surface area is 95.1 Å². The minimum atomic E-state index is -0.159. The largest absolute Gasteiger partial charge is 0.326 e. The Hall–Kier alpha value is -1.86. The molecule has 1 aromatic rings. The van der Waals surface area contributed by atoms with E-state index in [1.807, 2.05) is 24.3 Å². The van der Waals surface area contributed by atoms with Gasteiger partial charge in [0.1, 0.15) is 0 Å². The number of rotatable bonds is 4. The van der Waals surface area contributed by atoms with E-state index in [0.717, 1.165) is 11.3 Å². The molecule has 0 bridgehead atoms. The maximum atomic E-state index is 10.9. The molecule has 4 heteroatoms. The number of hydrogen-bond acceptors (Lipinski definition) is 3.